The van der Waals surface area contributed by atoms with Gasteiger partial charge in [-0.2, -0.15) is 5.26 Å². The molecule has 0 bridgehead atoms. The highest BCUT2D eigenvalue weighted by molar-refractivity contribution is 6.01. The summed E-state index contributed by atoms with van der Waals surface area (Å²) in [6.45, 7) is 6.47. The highest BCUT2D eigenvalue weighted by atomic mass is 15.0. The molecule has 34 heavy (non-hydrogen) atoms. The molecular weight excluding hydrogens is 414 g/mol. The summed E-state index contributed by atoms with van der Waals surface area (Å²) in [6, 6.07) is 13.9. The molecule has 3 aromatic rings. The van der Waals surface area contributed by atoms with Gasteiger partial charge in [-0.25, -0.2) is 0 Å². The Hall–Kier alpha value is -2.99. The Kier molecular flexibility index (Phi) is 5.10. The van der Waals surface area contributed by atoms with Crippen LogP contribution in [0.5, 0.6) is 0 Å². The quantitative estimate of drug-likeness (QED) is 0.437. The van der Waals surface area contributed by atoms with E-state index in [2.05, 4.69) is 85.4 Å². The van der Waals surface area contributed by atoms with Gasteiger partial charge < -0.3 is 9.88 Å². The average molecular weight is 450 g/mol. The molecule has 0 saturated heterocycles. The van der Waals surface area contributed by atoms with E-state index in [1.54, 1.807) is 0 Å². The Bertz CT molecular complexity index is 1320. The van der Waals surface area contributed by atoms with Crippen LogP contribution in [0.25, 0.3) is 28.1 Å². The standard InChI is InChI=1S/C31H35N3/c1-20-16-30-27(17-23(20)18-32)28(25-8-5-9-29-26(25)14-15-31(2,3)33-29)19-34(30)24-12-10-22(11-13-24)21-6-4-7-21/h5,8-9,14-17,19,21-22,24,33H,4,6-7,10-13H2,1-3H3. The number of nitrogens with zero attached hydrogens (tertiary/aromatic N) is 2. The van der Waals surface area contributed by atoms with Crippen molar-refractivity contribution in [3.63, 3.8) is 0 Å². The number of aryl methyl sites for hydroxylation is 1. The number of aromatic nitrogens is 1. The molecule has 0 unspecified atom stereocenters. The number of fused-ring (bicyclic) bond motifs is 2. The van der Waals surface area contributed by atoms with Crippen molar-refractivity contribution >= 4 is 22.7 Å². The van der Waals surface area contributed by atoms with Crippen LogP contribution in [0.4, 0.5) is 5.69 Å². The summed E-state index contributed by atoms with van der Waals surface area (Å²) < 4.78 is 2.55. The molecule has 1 aliphatic heterocycles. The van der Waals surface area contributed by atoms with Gasteiger partial charge in [0, 0.05) is 40.0 Å². The molecule has 0 atom stereocenters. The predicted molar refractivity (Wildman–Crippen MR) is 142 cm³/mol. The Morgan fingerprint density at radius 2 is 1.76 bits per heavy atom. The number of anilines is 1. The van der Waals surface area contributed by atoms with Gasteiger partial charge in [0.15, 0.2) is 0 Å². The molecule has 1 N–H and O–H groups in total. The number of hydrogen-bond donors (Lipinski definition) is 1. The number of rotatable bonds is 3. The highest BCUT2D eigenvalue weighted by Crippen LogP contribution is 2.46. The first kappa shape index (κ1) is 21.5. The second-order valence-electron chi connectivity index (χ2n) is 11.5. The molecule has 3 nitrogen and oxygen atoms in total. The van der Waals surface area contributed by atoms with Crippen molar-refractivity contribution in [2.24, 2.45) is 11.8 Å². The Balaban J connectivity index is 1.46. The van der Waals surface area contributed by atoms with Crippen molar-refractivity contribution in [3.8, 4) is 17.2 Å². The van der Waals surface area contributed by atoms with Gasteiger partial charge in [0.2, 0.25) is 0 Å². The van der Waals surface area contributed by atoms with Crippen LogP contribution in [-0.4, -0.2) is 10.1 Å². The summed E-state index contributed by atoms with van der Waals surface area (Å²) in [5, 5.41) is 14.7. The monoisotopic (exact) mass is 449 g/mol. The second-order valence-corrected chi connectivity index (χ2v) is 11.5. The highest BCUT2D eigenvalue weighted by Gasteiger charge is 2.32. The van der Waals surface area contributed by atoms with Crippen molar-refractivity contribution in [2.75, 3.05) is 5.32 Å². The van der Waals surface area contributed by atoms with Crippen molar-refractivity contribution in [1.29, 1.82) is 5.26 Å². The fraction of sp³-hybridized carbons (Fsp3) is 0.452. The Morgan fingerprint density at radius 3 is 2.47 bits per heavy atom. The van der Waals surface area contributed by atoms with Gasteiger partial charge in [-0.1, -0.05) is 43.5 Å². The molecule has 3 heteroatoms. The molecule has 2 fully saturated rings. The lowest BCUT2D eigenvalue weighted by Gasteiger charge is -2.39. The molecule has 2 aromatic carbocycles. The minimum absolute atomic E-state index is 0.0518. The molecule has 1 aromatic heterocycles. The third-order valence-electron chi connectivity index (χ3n) is 8.77. The van der Waals surface area contributed by atoms with E-state index in [0.29, 0.717) is 6.04 Å². The minimum Gasteiger partial charge on any atom is -0.376 e. The van der Waals surface area contributed by atoms with Crippen LogP contribution < -0.4 is 5.32 Å². The van der Waals surface area contributed by atoms with Gasteiger partial charge in [0.25, 0.3) is 0 Å². The third kappa shape index (κ3) is 3.56. The minimum atomic E-state index is -0.0518. The molecular formula is C31H35N3. The molecule has 0 radical (unpaired) electrons. The first-order valence-corrected chi connectivity index (χ1v) is 13.1. The molecule has 0 amide bonds. The predicted octanol–water partition coefficient (Wildman–Crippen LogP) is 8.24. The summed E-state index contributed by atoms with van der Waals surface area (Å²) in [7, 11) is 0. The van der Waals surface area contributed by atoms with E-state index in [1.807, 2.05) is 0 Å². The molecule has 6 rings (SSSR count). The van der Waals surface area contributed by atoms with Crippen LogP contribution in [0.1, 0.15) is 81.5 Å². The summed E-state index contributed by atoms with van der Waals surface area (Å²) in [5.74, 6) is 1.94. The maximum atomic E-state index is 9.78. The summed E-state index contributed by atoms with van der Waals surface area (Å²) in [5.41, 5.74) is 8.00. The Morgan fingerprint density at radius 1 is 1.00 bits per heavy atom. The summed E-state index contributed by atoms with van der Waals surface area (Å²) in [6.07, 6.45) is 16.5. The van der Waals surface area contributed by atoms with E-state index in [4.69, 9.17) is 0 Å². The number of nitrogens with one attached hydrogen (secondary N) is 1. The zero-order valence-electron chi connectivity index (χ0n) is 20.7. The molecule has 0 spiro atoms. The number of benzene rings is 2. The van der Waals surface area contributed by atoms with Crippen molar-refractivity contribution in [2.45, 2.75) is 77.3 Å². The topological polar surface area (TPSA) is 40.8 Å². The lowest BCUT2D eigenvalue weighted by atomic mass is 9.69. The number of nitriles is 1. The molecule has 2 heterocycles. The van der Waals surface area contributed by atoms with E-state index in [9.17, 15) is 5.26 Å². The first-order valence-electron chi connectivity index (χ1n) is 13.1. The van der Waals surface area contributed by atoms with Crippen molar-refractivity contribution < 1.29 is 0 Å². The maximum absolute atomic E-state index is 9.78. The van der Waals surface area contributed by atoms with E-state index in [0.717, 1.165) is 23.0 Å². The van der Waals surface area contributed by atoms with Gasteiger partial charge in [-0.15, -0.1) is 0 Å². The van der Waals surface area contributed by atoms with E-state index >= 15 is 0 Å². The average Bonchev–Trinajstić information content (AvgIpc) is 3.14. The smallest absolute Gasteiger partial charge is 0.0994 e. The van der Waals surface area contributed by atoms with Crippen LogP contribution in [0.15, 0.2) is 42.6 Å². The van der Waals surface area contributed by atoms with E-state index < -0.39 is 0 Å². The van der Waals surface area contributed by atoms with Gasteiger partial charge in [-0.3, -0.25) is 0 Å². The fourth-order valence-electron chi connectivity index (χ4n) is 6.57. The SMILES string of the molecule is Cc1cc2c(cc1C#N)c(-c1cccc3c1C=CC(C)(C)N3)cn2C1CCC(C2CCC2)CC1. The molecule has 2 aliphatic carbocycles. The van der Waals surface area contributed by atoms with Crippen molar-refractivity contribution in [3.05, 3.63) is 59.3 Å². The molecule has 3 aliphatic rings. The second kappa shape index (κ2) is 8.05. The van der Waals surface area contributed by atoms with Gasteiger partial charge in [-0.05, 0) is 87.6 Å². The zero-order valence-corrected chi connectivity index (χ0v) is 20.7. The van der Waals surface area contributed by atoms with Gasteiger partial charge >= 0.3 is 0 Å². The first-order chi connectivity index (χ1) is 16.4. The normalized spacial score (nSPS) is 23.7. The Labute approximate surface area is 203 Å². The summed E-state index contributed by atoms with van der Waals surface area (Å²) >= 11 is 0. The van der Waals surface area contributed by atoms with Crippen LogP contribution in [0.2, 0.25) is 0 Å². The van der Waals surface area contributed by atoms with Crippen LogP contribution in [-0.2, 0) is 0 Å². The maximum Gasteiger partial charge on any atom is 0.0994 e. The molecule has 2 saturated carbocycles. The lowest BCUT2D eigenvalue weighted by molar-refractivity contribution is 0.142. The van der Waals surface area contributed by atoms with Gasteiger partial charge in [0.05, 0.1) is 17.2 Å². The van der Waals surface area contributed by atoms with E-state index in [-0.39, 0.29) is 5.54 Å². The number of hydrogen-bond acceptors (Lipinski definition) is 2. The summed E-state index contributed by atoms with van der Waals surface area (Å²) in [4.78, 5) is 0. The lowest BCUT2D eigenvalue weighted by Crippen LogP contribution is -2.30. The van der Waals surface area contributed by atoms with Crippen molar-refractivity contribution in [1.82, 2.24) is 4.57 Å². The van der Waals surface area contributed by atoms with E-state index in [1.165, 1.54) is 78.2 Å². The largest absolute Gasteiger partial charge is 0.376 e. The molecule has 174 valence electrons. The van der Waals surface area contributed by atoms with Crippen LogP contribution in [0, 0.1) is 30.1 Å². The van der Waals surface area contributed by atoms with Crippen LogP contribution >= 0.6 is 0 Å². The van der Waals surface area contributed by atoms with Gasteiger partial charge in [0.1, 0.15) is 0 Å². The fourth-order valence-corrected chi connectivity index (χ4v) is 6.57. The third-order valence-corrected chi connectivity index (χ3v) is 8.77. The zero-order chi connectivity index (χ0) is 23.4. The van der Waals surface area contributed by atoms with Crippen LogP contribution in [0.3, 0.4) is 0 Å².